The van der Waals surface area contributed by atoms with Gasteiger partial charge in [-0.3, -0.25) is 10.1 Å². The molecule has 1 aliphatic heterocycles. The molecule has 1 heterocycles. The van der Waals surface area contributed by atoms with Crippen molar-refractivity contribution in [2.24, 2.45) is 16.0 Å². The van der Waals surface area contributed by atoms with Crippen LogP contribution in [-0.4, -0.2) is 35.5 Å². The van der Waals surface area contributed by atoms with Crippen molar-refractivity contribution >= 4 is 12.0 Å². The lowest BCUT2D eigenvalue weighted by atomic mass is 10.1. The molecule has 1 unspecified atom stereocenters. The summed E-state index contributed by atoms with van der Waals surface area (Å²) in [5.74, 6) is -1.70. The van der Waals surface area contributed by atoms with Gasteiger partial charge < -0.3 is 16.2 Å². The zero-order valence-corrected chi connectivity index (χ0v) is 11.1. The van der Waals surface area contributed by atoms with E-state index < -0.39 is 17.8 Å². The summed E-state index contributed by atoms with van der Waals surface area (Å²) in [5.41, 5.74) is 5.36. The largest absolute Gasteiger partial charge is 0.480 e. The maximum atomic E-state index is 11.5. The van der Waals surface area contributed by atoms with Gasteiger partial charge in [-0.15, -0.1) is 10.2 Å². The predicted octanol–water partition coefficient (Wildman–Crippen LogP) is 0.788. The van der Waals surface area contributed by atoms with E-state index >= 15 is 0 Å². The second-order valence-corrected chi connectivity index (χ2v) is 4.59. The van der Waals surface area contributed by atoms with Crippen LogP contribution in [0.1, 0.15) is 39.0 Å². The lowest BCUT2D eigenvalue weighted by molar-refractivity contribution is -0.138. The Morgan fingerprint density at radius 2 is 2.05 bits per heavy atom. The molecule has 8 nitrogen and oxygen atoms in total. The van der Waals surface area contributed by atoms with E-state index in [4.69, 9.17) is 10.8 Å². The number of unbranched alkanes of at least 4 members (excludes halogenated alkanes) is 1. The molecule has 19 heavy (non-hydrogen) atoms. The summed E-state index contributed by atoms with van der Waals surface area (Å²) in [7, 11) is 0. The van der Waals surface area contributed by atoms with Crippen LogP contribution in [0.2, 0.25) is 0 Å². The zero-order chi connectivity index (χ0) is 14.3. The minimum absolute atomic E-state index is 0.305. The number of nitrogens with one attached hydrogen (secondary N) is 2. The summed E-state index contributed by atoms with van der Waals surface area (Å²) in [6.07, 6.45) is 3.34. The molecule has 1 rings (SSSR count). The van der Waals surface area contributed by atoms with Crippen molar-refractivity contribution in [2.75, 3.05) is 6.54 Å². The Kier molecular flexibility index (Phi) is 5.68. The molecule has 0 aromatic rings. The van der Waals surface area contributed by atoms with E-state index in [1.807, 2.05) is 6.92 Å². The van der Waals surface area contributed by atoms with Crippen LogP contribution in [0.25, 0.3) is 0 Å². The molecule has 1 aliphatic rings. The van der Waals surface area contributed by atoms with Crippen LogP contribution in [-0.2, 0) is 4.79 Å². The molecule has 0 aromatic heterocycles. The number of carbonyl (C=O) groups excluding carboxylic acids is 1. The van der Waals surface area contributed by atoms with E-state index in [0.717, 1.165) is 6.42 Å². The molecule has 0 radical (unpaired) electrons. The summed E-state index contributed by atoms with van der Waals surface area (Å²) in [4.78, 5) is 22.0. The van der Waals surface area contributed by atoms with Gasteiger partial charge in [0.05, 0.1) is 0 Å². The Morgan fingerprint density at radius 1 is 1.37 bits per heavy atom. The summed E-state index contributed by atoms with van der Waals surface area (Å²) >= 11 is 0. The van der Waals surface area contributed by atoms with Crippen molar-refractivity contribution in [2.45, 2.75) is 50.9 Å². The fourth-order valence-electron chi connectivity index (χ4n) is 1.66. The van der Waals surface area contributed by atoms with Crippen LogP contribution in [0.4, 0.5) is 4.79 Å². The fourth-order valence-corrected chi connectivity index (χ4v) is 1.66. The number of hydrogen-bond donors (Lipinski definition) is 4. The number of hydrogen-bond acceptors (Lipinski definition) is 5. The normalized spacial score (nSPS) is 16.7. The van der Waals surface area contributed by atoms with Gasteiger partial charge in [0, 0.05) is 13.0 Å². The van der Waals surface area contributed by atoms with Gasteiger partial charge in [-0.05, 0) is 25.7 Å². The van der Waals surface area contributed by atoms with E-state index in [0.29, 0.717) is 32.2 Å². The molecule has 0 saturated heterocycles. The van der Waals surface area contributed by atoms with Crippen molar-refractivity contribution in [1.82, 2.24) is 10.6 Å². The van der Waals surface area contributed by atoms with Gasteiger partial charge in [0.2, 0.25) is 0 Å². The number of carboxylic acids is 1. The zero-order valence-electron chi connectivity index (χ0n) is 11.1. The summed E-state index contributed by atoms with van der Waals surface area (Å²) in [6, 6.07) is -1.13. The van der Waals surface area contributed by atoms with Crippen molar-refractivity contribution < 1.29 is 14.7 Å². The Hall–Kier alpha value is -1.70. The highest BCUT2D eigenvalue weighted by Crippen LogP contribution is 2.29. The maximum absolute atomic E-state index is 11.5. The minimum Gasteiger partial charge on any atom is -0.480 e. The number of nitrogens with zero attached hydrogens (tertiary/aromatic N) is 2. The molecule has 1 atom stereocenters. The lowest BCUT2D eigenvalue weighted by Crippen LogP contribution is -2.44. The Labute approximate surface area is 111 Å². The van der Waals surface area contributed by atoms with Crippen LogP contribution in [0, 0.1) is 0 Å². The van der Waals surface area contributed by atoms with Crippen molar-refractivity contribution in [1.29, 1.82) is 0 Å². The van der Waals surface area contributed by atoms with Gasteiger partial charge in [-0.2, -0.15) is 0 Å². The minimum atomic E-state index is -0.996. The highest BCUT2D eigenvalue weighted by atomic mass is 16.4. The van der Waals surface area contributed by atoms with E-state index in [9.17, 15) is 9.59 Å². The molecule has 2 amide bonds. The average Bonchev–Trinajstić information content (AvgIpc) is 3.08. The average molecular weight is 271 g/mol. The second-order valence-electron chi connectivity index (χ2n) is 4.59. The van der Waals surface area contributed by atoms with E-state index in [1.165, 1.54) is 0 Å². The lowest BCUT2D eigenvalue weighted by Gasteiger charge is -2.12. The monoisotopic (exact) mass is 271 g/mol. The van der Waals surface area contributed by atoms with Gasteiger partial charge in [-0.25, -0.2) is 4.79 Å². The fraction of sp³-hybridized carbons (Fsp3) is 0.818. The van der Waals surface area contributed by atoms with E-state index in [1.54, 1.807) is 0 Å². The smallest absolute Gasteiger partial charge is 0.320 e. The molecule has 0 saturated carbocycles. The number of rotatable bonds is 9. The standard InChI is InChI=1S/C11H21N5O3/c1-2-6-11(15-16-11)14-10(19)13-7-4-3-5-8(12)9(17)18/h8H,2-7,12H2,1H3,(H,17,18)(H2,13,14,19). The maximum Gasteiger partial charge on any atom is 0.320 e. The molecule has 108 valence electrons. The molecule has 0 fully saturated rings. The van der Waals surface area contributed by atoms with E-state index in [2.05, 4.69) is 20.9 Å². The first-order valence-corrected chi connectivity index (χ1v) is 6.47. The van der Waals surface area contributed by atoms with Crippen molar-refractivity contribution in [3.63, 3.8) is 0 Å². The summed E-state index contributed by atoms with van der Waals surface area (Å²) in [6.45, 7) is 2.47. The number of carboxylic acid groups (broad SMARTS) is 1. The molecular weight excluding hydrogens is 250 g/mol. The van der Waals surface area contributed by atoms with Gasteiger partial charge in [0.25, 0.3) is 5.79 Å². The van der Waals surface area contributed by atoms with Crippen molar-refractivity contribution in [3.8, 4) is 0 Å². The van der Waals surface area contributed by atoms with Crippen LogP contribution < -0.4 is 16.4 Å². The van der Waals surface area contributed by atoms with Gasteiger partial charge in [-0.1, -0.05) is 6.92 Å². The molecule has 0 aromatic carbocycles. The molecule has 5 N–H and O–H groups in total. The van der Waals surface area contributed by atoms with E-state index in [-0.39, 0.29) is 6.03 Å². The van der Waals surface area contributed by atoms with Gasteiger partial charge in [0.1, 0.15) is 6.04 Å². The van der Waals surface area contributed by atoms with Gasteiger partial charge in [0.15, 0.2) is 0 Å². The summed E-state index contributed by atoms with van der Waals surface area (Å²) < 4.78 is 0. The third-order valence-electron chi connectivity index (χ3n) is 2.80. The topological polar surface area (TPSA) is 129 Å². The highest BCUT2D eigenvalue weighted by Gasteiger charge is 2.40. The number of urea groups is 1. The Morgan fingerprint density at radius 3 is 2.58 bits per heavy atom. The number of amides is 2. The van der Waals surface area contributed by atoms with Crippen LogP contribution >= 0.6 is 0 Å². The molecule has 0 bridgehead atoms. The van der Waals surface area contributed by atoms with Crippen molar-refractivity contribution in [3.05, 3.63) is 0 Å². The Bertz CT molecular complexity index is 352. The number of carbonyl (C=O) groups is 2. The Balaban J connectivity index is 2.03. The molecule has 8 heteroatoms. The van der Waals surface area contributed by atoms with Gasteiger partial charge >= 0.3 is 12.0 Å². The number of aliphatic carboxylic acids is 1. The predicted molar refractivity (Wildman–Crippen MR) is 68.5 cm³/mol. The highest BCUT2D eigenvalue weighted by molar-refractivity contribution is 5.75. The quantitative estimate of drug-likeness (QED) is 0.462. The number of nitrogens with two attached hydrogens (primary N) is 1. The van der Waals surface area contributed by atoms with Crippen LogP contribution in [0.15, 0.2) is 10.2 Å². The first-order valence-electron chi connectivity index (χ1n) is 6.47. The molecular formula is C11H21N5O3. The third kappa shape index (κ3) is 5.64. The molecule has 0 aliphatic carbocycles. The second kappa shape index (κ2) is 7.03. The first kappa shape index (κ1) is 15.4. The van der Waals surface area contributed by atoms with Crippen LogP contribution in [0.3, 0.4) is 0 Å². The van der Waals surface area contributed by atoms with Crippen LogP contribution in [0.5, 0.6) is 0 Å². The molecule has 0 spiro atoms. The first-order chi connectivity index (χ1) is 8.99. The SMILES string of the molecule is CCCC1(NC(=O)NCCCCC(N)C(=O)O)N=N1. The third-order valence-corrected chi connectivity index (χ3v) is 2.80. The summed E-state index contributed by atoms with van der Waals surface area (Å²) in [5, 5.41) is 21.6.